The Kier molecular flexibility index (Phi) is 3.97. The number of amides is 1. The molecule has 0 aromatic heterocycles. The Bertz CT molecular complexity index is 402. The highest BCUT2D eigenvalue weighted by molar-refractivity contribution is 9.10. The summed E-state index contributed by atoms with van der Waals surface area (Å²) >= 11 is 3.27. The van der Waals surface area contributed by atoms with Gasteiger partial charge >= 0.3 is 0 Å². The van der Waals surface area contributed by atoms with Crippen LogP contribution in [0.15, 0.2) is 22.7 Å². The zero-order valence-corrected chi connectivity index (χ0v) is 11.3. The van der Waals surface area contributed by atoms with Crippen LogP contribution in [0.1, 0.15) is 26.3 Å². The van der Waals surface area contributed by atoms with Gasteiger partial charge in [-0.1, -0.05) is 6.07 Å². The molecule has 0 heterocycles. The van der Waals surface area contributed by atoms with E-state index in [9.17, 15) is 9.90 Å². The number of carbonyl (C=O) groups is 1. The Morgan fingerprint density at radius 1 is 1.50 bits per heavy atom. The molecular weight excluding hydrogens is 270 g/mol. The standard InChI is InChI=1S/C12H16BrNO2/c1-8(15)14-12(2,3)7-9-4-5-11(16)10(13)6-9/h4-6,16H,7H2,1-3H3,(H,14,15). The zero-order valence-electron chi connectivity index (χ0n) is 9.67. The van der Waals surface area contributed by atoms with Crippen molar-refractivity contribution in [1.29, 1.82) is 0 Å². The summed E-state index contributed by atoms with van der Waals surface area (Å²) in [6.45, 7) is 5.44. The van der Waals surface area contributed by atoms with Crippen LogP contribution in [0.4, 0.5) is 0 Å². The fraction of sp³-hybridized carbons (Fsp3) is 0.417. The molecule has 2 N–H and O–H groups in total. The van der Waals surface area contributed by atoms with Gasteiger partial charge in [0.1, 0.15) is 5.75 Å². The van der Waals surface area contributed by atoms with E-state index in [2.05, 4.69) is 21.2 Å². The molecule has 0 saturated carbocycles. The number of halogens is 1. The van der Waals surface area contributed by atoms with Crippen molar-refractivity contribution >= 4 is 21.8 Å². The highest BCUT2D eigenvalue weighted by Gasteiger charge is 2.19. The van der Waals surface area contributed by atoms with Gasteiger partial charge in [0.05, 0.1) is 4.47 Å². The van der Waals surface area contributed by atoms with Gasteiger partial charge in [-0.3, -0.25) is 4.79 Å². The summed E-state index contributed by atoms with van der Waals surface area (Å²) in [5.41, 5.74) is 0.769. The number of benzene rings is 1. The van der Waals surface area contributed by atoms with Gasteiger partial charge in [0, 0.05) is 12.5 Å². The third kappa shape index (κ3) is 3.85. The summed E-state index contributed by atoms with van der Waals surface area (Å²) in [5, 5.41) is 12.3. The molecule has 0 atom stereocenters. The molecule has 0 spiro atoms. The lowest BCUT2D eigenvalue weighted by atomic mass is 9.95. The molecule has 0 radical (unpaired) electrons. The van der Waals surface area contributed by atoms with E-state index >= 15 is 0 Å². The lowest BCUT2D eigenvalue weighted by Crippen LogP contribution is -2.43. The van der Waals surface area contributed by atoms with Gasteiger partial charge in [-0.2, -0.15) is 0 Å². The van der Waals surface area contributed by atoms with Crippen molar-refractivity contribution in [2.24, 2.45) is 0 Å². The van der Waals surface area contributed by atoms with E-state index in [-0.39, 0.29) is 17.2 Å². The highest BCUT2D eigenvalue weighted by Crippen LogP contribution is 2.26. The summed E-state index contributed by atoms with van der Waals surface area (Å²) in [4.78, 5) is 11.0. The Balaban J connectivity index is 2.79. The van der Waals surface area contributed by atoms with E-state index in [4.69, 9.17) is 0 Å². The number of hydrogen-bond donors (Lipinski definition) is 2. The molecule has 1 amide bonds. The molecule has 0 unspecified atom stereocenters. The van der Waals surface area contributed by atoms with E-state index in [0.717, 1.165) is 5.56 Å². The predicted molar refractivity (Wildman–Crippen MR) is 67.4 cm³/mol. The van der Waals surface area contributed by atoms with Crippen LogP contribution in [0.25, 0.3) is 0 Å². The van der Waals surface area contributed by atoms with Crippen LogP contribution in [-0.2, 0) is 11.2 Å². The van der Waals surface area contributed by atoms with Gasteiger partial charge < -0.3 is 10.4 Å². The fourth-order valence-corrected chi connectivity index (χ4v) is 2.12. The molecule has 4 heteroatoms. The summed E-state index contributed by atoms with van der Waals surface area (Å²) in [6, 6.07) is 5.35. The number of phenolic OH excluding ortho intramolecular Hbond substituents is 1. The van der Waals surface area contributed by atoms with Gasteiger partial charge in [-0.05, 0) is 53.9 Å². The molecule has 0 saturated heterocycles. The predicted octanol–water partition coefficient (Wildman–Crippen LogP) is 2.61. The number of aromatic hydroxyl groups is 1. The van der Waals surface area contributed by atoms with Crippen molar-refractivity contribution in [2.75, 3.05) is 0 Å². The molecule has 16 heavy (non-hydrogen) atoms. The number of carbonyl (C=O) groups excluding carboxylic acids is 1. The lowest BCUT2D eigenvalue weighted by Gasteiger charge is -2.25. The molecule has 0 bridgehead atoms. The summed E-state index contributed by atoms with van der Waals surface area (Å²) in [6.07, 6.45) is 0.714. The van der Waals surface area contributed by atoms with Crippen molar-refractivity contribution in [2.45, 2.75) is 32.7 Å². The van der Waals surface area contributed by atoms with Crippen LogP contribution in [0, 0.1) is 0 Å². The van der Waals surface area contributed by atoms with Crippen molar-refractivity contribution in [3.63, 3.8) is 0 Å². The molecule has 0 aliphatic carbocycles. The van der Waals surface area contributed by atoms with Crippen LogP contribution in [0.2, 0.25) is 0 Å². The highest BCUT2D eigenvalue weighted by atomic mass is 79.9. The SMILES string of the molecule is CC(=O)NC(C)(C)Cc1ccc(O)c(Br)c1. The minimum Gasteiger partial charge on any atom is -0.507 e. The van der Waals surface area contributed by atoms with Crippen LogP contribution in [-0.4, -0.2) is 16.6 Å². The van der Waals surface area contributed by atoms with E-state index < -0.39 is 0 Å². The first-order valence-corrected chi connectivity index (χ1v) is 5.85. The first-order valence-electron chi connectivity index (χ1n) is 5.06. The molecule has 1 aromatic carbocycles. The minimum atomic E-state index is -0.289. The first kappa shape index (κ1) is 13.0. The van der Waals surface area contributed by atoms with E-state index in [0.29, 0.717) is 10.9 Å². The molecule has 0 fully saturated rings. The fourth-order valence-electron chi connectivity index (χ4n) is 1.69. The van der Waals surface area contributed by atoms with Crippen molar-refractivity contribution < 1.29 is 9.90 Å². The maximum atomic E-state index is 11.0. The second-order valence-corrected chi connectivity index (χ2v) is 5.38. The second kappa shape index (κ2) is 4.87. The molecule has 3 nitrogen and oxygen atoms in total. The number of nitrogens with one attached hydrogen (secondary N) is 1. The van der Waals surface area contributed by atoms with Gasteiger partial charge in [0.25, 0.3) is 0 Å². The number of hydrogen-bond acceptors (Lipinski definition) is 2. The average Bonchev–Trinajstić information content (AvgIpc) is 2.08. The summed E-state index contributed by atoms with van der Waals surface area (Å²) < 4.78 is 0.670. The summed E-state index contributed by atoms with van der Waals surface area (Å²) in [5.74, 6) is 0.184. The molecule has 1 aromatic rings. The number of rotatable bonds is 3. The number of phenols is 1. The van der Waals surface area contributed by atoms with E-state index in [1.807, 2.05) is 26.0 Å². The third-order valence-corrected chi connectivity index (χ3v) is 2.81. The van der Waals surface area contributed by atoms with Gasteiger partial charge in [-0.15, -0.1) is 0 Å². The van der Waals surface area contributed by atoms with E-state index in [1.165, 1.54) is 6.92 Å². The Morgan fingerprint density at radius 3 is 2.62 bits per heavy atom. The normalized spacial score (nSPS) is 11.2. The molecule has 1 rings (SSSR count). The first-order chi connectivity index (χ1) is 7.30. The topological polar surface area (TPSA) is 49.3 Å². The third-order valence-electron chi connectivity index (χ3n) is 2.17. The quantitative estimate of drug-likeness (QED) is 0.897. The monoisotopic (exact) mass is 285 g/mol. The van der Waals surface area contributed by atoms with E-state index in [1.54, 1.807) is 6.07 Å². The smallest absolute Gasteiger partial charge is 0.217 e. The second-order valence-electron chi connectivity index (χ2n) is 4.53. The van der Waals surface area contributed by atoms with Crippen LogP contribution in [0.3, 0.4) is 0 Å². The Labute approximate surface area is 104 Å². The Morgan fingerprint density at radius 2 is 2.12 bits per heavy atom. The zero-order chi connectivity index (χ0) is 12.3. The minimum absolute atomic E-state index is 0.0390. The maximum Gasteiger partial charge on any atom is 0.217 e. The van der Waals surface area contributed by atoms with Crippen LogP contribution in [0.5, 0.6) is 5.75 Å². The molecule has 0 aliphatic rings. The largest absolute Gasteiger partial charge is 0.507 e. The summed E-state index contributed by atoms with van der Waals surface area (Å²) in [7, 11) is 0. The Hall–Kier alpha value is -1.03. The average molecular weight is 286 g/mol. The van der Waals surface area contributed by atoms with Gasteiger partial charge in [0.15, 0.2) is 0 Å². The van der Waals surface area contributed by atoms with Gasteiger partial charge in [-0.25, -0.2) is 0 Å². The van der Waals surface area contributed by atoms with Crippen molar-refractivity contribution in [3.8, 4) is 5.75 Å². The van der Waals surface area contributed by atoms with Crippen LogP contribution < -0.4 is 5.32 Å². The van der Waals surface area contributed by atoms with Gasteiger partial charge in [0.2, 0.25) is 5.91 Å². The van der Waals surface area contributed by atoms with Crippen molar-refractivity contribution in [3.05, 3.63) is 28.2 Å². The molecular formula is C12H16BrNO2. The lowest BCUT2D eigenvalue weighted by molar-refractivity contribution is -0.120. The van der Waals surface area contributed by atoms with Crippen molar-refractivity contribution in [1.82, 2.24) is 5.32 Å². The molecule has 88 valence electrons. The molecule has 0 aliphatic heterocycles. The maximum absolute atomic E-state index is 11.0. The van der Waals surface area contributed by atoms with Crippen LogP contribution >= 0.6 is 15.9 Å².